The molecule has 0 rings (SSSR count). The number of nitrogens with two attached hydrogens (primary N) is 4. The second-order valence-electron chi connectivity index (χ2n) is 6.19. The fraction of sp³-hybridized carbons (Fsp3) is 1.00. The number of halogens is 4. The first kappa shape index (κ1) is 37.6. The number of rotatable bonds is 17. The van der Waals surface area contributed by atoms with E-state index in [0.717, 1.165) is 65.2 Å². The summed E-state index contributed by atoms with van der Waals surface area (Å²) in [6.07, 6.45) is 3.83. The quantitative estimate of drug-likeness (QED) is 0.120. The van der Waals surface area contributed by atoms with Gasteiger partial charge < -0.3 is 81.1 Å². The first-order chi connectivity index (χ1) is 10.7. The van der Waals surface area contributed by atoms with Crippen LogP contribution in [0, 0.1) is 0 Å². The number of hydrogen-bond acceptors (Lipinski definition) is 2. The third-order valence-corrected chi connectivity index (χ3v) is 3.93. The number of hydrogen-bond donors (Lipinski definition) is 6. The second-order valence-corrected chi connectivity index (χ2v) is 6.19. The largest absolute Gasteiger partial charge is 1.00 e. The molecule has 0 fully saturated rings. The fourth-order valence-corrected chi connectivity index (χ4v) is 2.46. The van der Waals surface area contributed by atoms with Crippen molar-refractivity contribution in [2.24, 2.45) is 0 Å². The molecule has 166 valence electrons. The predicted octanol–water partition coefficient (Wildman–Crippen LogP) is -16.4. The molecule has 26 heavy (non-hydrogen) atoms. The maximum atomic E-state index is 9.78. The van der Waals surface area contributed by atoms with E-state index in [4.69, 9.17) is 0 Å². The van der Waals surface area contributed by atoms with Gasteiger partial charge in [0.05, 0.1) is 39.3 Å². The molecule has 6 nitrogen and oxygen atoms in total. The van der Waals surface area contributed by atoms with Gasteiger partial charge in [-0.3, -0.25) is 0 Å². The zero-order valence-electron chi connectivity index (χ0n) is 16.4. The standard InChI is InChI=1S/C16H38N4O2.4ClH/c1-3-17-11-7-15(21)13-19-9-5-6-10-20-14-16(22)8-12-18-4-2;;;;/h15-22H,3-14H2,1-2H3;4*1H/t15-,16-;;;;/m1..../s1. The highest BCUT2D eigenvalue weighted by atomic mass is 35.5. The summed E-state index contributed by atoms with van der Waals surface area (Å²) in [4.78, 5) is 0. The van der Waals surface area contributed by atoms with Crippen LogP contribution in [-0.4, -0.2) is 74.8 Å². The molecule has 2 atom stereocenters. The Hall–Kier alpha value is 0.920. The van der Waals surface area contributed by atoms with Gasteiger partial charge >= 0.3 is 0 Å². The Morgan fingerprint density at radius 2 is 0.923 bits per heavy atom. The zero-order chi connectivity index (χ0) is 16.5. The number of quaternary nitrogens is 4. The van der Waals surface area contributed by atoms with E-state index in [9.17, 15) is 10.2 Å². The van der Waals surface area contributed by atoms with Gasteiger partial charge in [0.1, 0.15) is 25.3 Å². The maximum absolute atomic E-state index is 9.78. The van der Waals surface area contributed by atoms with Crippen LogP contribution in [0.15, 0.2) is 0 Å². The molecular weight excluding hydrogens is 422 g/mol. The molecule has 0 amide bonds. The highest BCUT2D eigenvalue weighted by molar-refractivity contribution is 4.50. The van der Waals surface area contributed by atoms with Crippen molar-refractivity contribution in [2.45, 2.75) is 51.7 Å². The summed E-state index contributed by atoms with van der Waals surface area (Å²) in [7, 11) is 0. The van der Waals surface area contributed by atoms with Crippen LogP contribution in [0.1, 0.15) is 39.5 Å². The van der Waals surface area contributed by atoms with Gasteiger partial charge in [0.25, 0.3) is 0 Å². The van der Waals surface area contributed by atoms with Gasteiger partial charge in [-0.15, -0.1) is 0 Å². The Balaban J connectivity index is -0.000000367. The molecule has 0 unspecified atom stereocenters. The lowest BCUT2D eigenvalue weighted by Gasteiger charge is -2.09. The van der Waals surface area contributed by atoms with Crippen molar-refractivity contribution < 1.29 is 81.1 Å². The lowest BCUT2D eigenvalue weighted by Crippen LogP contribution is -3.00. The zero-order valence-corrected chi connectivity index (χ0v) is 19.4. The van der Waals surface area contributed by atoms with Crippen molar-refractivity contribution >= 4 is 0 Å². The van der Waals surface area contributed by atoms with Crippen LogP contribution in [0.3, 0.4) is 0 Å². The van der Waals surface area contributed by atoms with Crippen molar-refractivity contribution in [3.8, 4) is 0 Å². The minimum absolute atomic E-state index is 0. The summed E-state index contributed by atoms with van der Waals surface area (Å²) < 4.78 is 0. The van der Waals surface area contributed by atoms with Crippen LogP contribution >= 0.6 is 0 Å². The summed E-state index contributed by atoms with van der Waals surface area (Å²) in [5.41, 5.74) is 0. The molecule has 0 aromatic rings. The third kappa shape index (κ3) is 29.7. The molecule has 0 bridgehead atoms. The van der Waals surface area contributed by atoms with Crippen LogP contribution in [0.5, 0.6) is 0 Å². The Kier molecular flexibility index (Phi) is 44.4. The van der Waals surface area contributed by atoms with E-state index >= 15 is 0 Å². The smallest absolute Gasteiger partial charge is 0.108 e. The summed E-state index contributed by atoms with van der Waals surface area (Å²) >= 11 is 0. The normalized spacial score (nSPS) is 12.0. The molecule has 10 heteroatoms. The molecule has 0 aromatic carbocycles. The lowest BCUT2D eigenvalue weighted by atomic mass is 10.2. The Bertz CT molecular complexity index is 214. The molecule has 0 saturated heterocycles. The SMILES string of the molecule is CC[NH2+]CC[C@@H](O)C[NH2+]CCCC[NH2+]C[C@H](O)CC[NH2+]CC.[Cl-].[Cl-].[Cl-].[Cl-]. The average Bonchev–Trinajstić information content (AvgIpc) is 2.50. The second kappa shape index (κ2) is 30.6. The molecule has 10 N–H and O–H groups in total. The van der Waals surface area contributed by atoms with Crippen molar-refractivity contribution in [1.82, 2.24) is 0 Å². The number of aliphatic hydroxyl groups excluding tert-OH is 2. The first-order valence-corrected chi connectivity index (χ1v) is 9.33. The summed E-state index contributed by atoms with van der Waals surface area (Å²) in [5.74, 6) is 0. The minimum Gasteiger partial charge on any atom is -1.00 e. The molecule has 0 saturated carbocycles. The molecule has 0 aliphatic heterocycles. The van der Waals surface area contributed by atoms with E-state index in [1.54, 1.807) is 0 Å². The van der Waals surface area contributed by atoms with Crippen LogP contribution in [0.4, 0.5) is 0 Å². The highest BCUT2D eigenvalue weighted by Crippen LogP contribution is 1.84. The van der Waals surface area contributed by atoms with E-state index in [1.807, 2.05) is 0 Å². The highest BCUT2D eigenvalue weighted by Gasteiger charge is 2.08. The van der Waals surface area contributed by atoms with Crippen molar-refractivity contribution in [2.75, 3.05) is 52.4 Å². The van der Waals surface area contributed by atoms with Crippen molar-refractivity contribution in [3.63, 3.8) is 0 Å². The maximum Gasteiger partial charge on any atom is 0.108 e. The average molecular weight is 464 g/mol. The van der Waals surface area contributed by atoms with E-state index in [2.05, 4.69) is 35.1 Å². The van der Waals surface area contributed by atoms with E-state index < -0.39 is 0 Å². The van der Waals surface area contributed by atoms with Gasteiger partial charge in [0.15, 0.2) is 0 Å². The fourth-order valence-electron chi connectivity index (χ4n) is 2.46. The summed E-state index contributed by atoms with van der Waals surface area (Å²) in [6.45, 7) is 12.4. The third-order valence-electron chi connectivity index (χ3n) is 3.93. The summed E-state index contributed by atoms with van der Waals surface area (Å²) in [6, 6.07) is 0. The molecule has 0 radical (unpaired) electrons. The molecule has 0 spiro atoms. The summed E-state index contributed by atoms with van der Waals surface area (Å²) in [5, 5.41) is 28.5. The van der Waals surface area contributed by atoms with Crippen LogP contribution in [-0.2, 0) is 0 Å². The van der Waals surface area contributed by atoms with Crippen molar-refractivity contribution in [1.29, 1.82) is 0 Å². The van der Waals surface area contributed by atoms with Gasteiger partial charge in [0.2, 0.25) is 0 Å². The Morgan fingerprint density at radius 1 is 0.577 bits per heavy atom. The molecule has 0 heterocycles. The minimum atomic E-state index is -0.163. The van der Waals surface area contributed by atoms with Gasteiger partial charge in [-0.2, -0.15) is 0 Å². The number of unbranched alkanes of at least 4 members (excludes halogenated alkanes) is 1. The van der Waals surface area contributed by atoms with Gasteiger partial charge in [0, 0.05) is 25.7 Å². The lowest BCUT2D eigenvalue weighted by molar-refractivity contribution is -0.675. The van der Waals surface area contributed by atoms with Gasteiger partial charge in [-0.25, -0.2) is 0 Å². The molecule has 0 aromatic heterocycles. The Morgan fingerprint density at radius 3 is 1.23 bits per heavy atom. The van der Waals surface area contributed by atoms with Gasteiger partial charge in [-0.1, -0.05) is 0 Å². The number of aliphatic hydroxyl groups is 2. The van der Waals surface area contributed by atoms with E-state index in [1.165, 1.54) is 12.8 Å². The van der Waals surface area contributed by atoms with E-state index in [0.29, 0.717) is 0 Å². The van der Waals surface area contributed by atoms with Crippen LogP contribution in [0.25, 0.3) is 0 Å². The van der Waals surface area contributed by atoms with Crippen molar-refractivity contribution in [3.05, 3.63) is 0 Å². The van der Waals surface area contributed by atoms with Crippen LogP contribution in [0.2, 0.25) is 0 Å². The Labute approximate surface area is 185 Å². The molecular formula is C16H42Cl4N4O2. The molecule has 0 aliphatic carbocycles. The topological polar surface area (TPSA) is 107 Å². The van der Waals surface area contributed by atoms with Gasteiger partial charge in [-0.05, 0) is 13.8 Å². The molecule has 0 aliphatic rings. The first-order valence-electron chi connectivity index (χ1n) is 9.33. The van der Waals surface area contributed by atoms with E-state index in [-0.39, 0.29) is 61.8 Å². The monoisotopic (exact) mass is 462 g/mol. The van der Waals surface area contributed by atoms with Crippen LogP contribution < -0.4 is 70.9 Å². The predicted molar refractivity (Wildman–Crippen MR) is 88.5 cm³/mol.